The van der Waals surface area contributed by atoms with Crippen LogP contribution in [0, 0.1) is 0 Å². The van der Waals surface area contributed by atoms with Crippen LogP contribution in [0.1, 0.15) is 44.4 Å². The molecule has 2 aliphatic rings. The summed E-state index contributed by atoms with van der Waals surface area (Å²) in [6.45, 7) is 11.8. The van der Waals surface area contributed by atoms with Crippen LogP contribution in [0.15, 0.2) is 21.3 Å². The van der Waals surface area contributed by atoms with Gasteiger partial charge in [-0.25, -0.2) is 9.59 Å². The lowest BCUT2D eigenvalue weighted by atomic mass is 9.94. The first kappa shape index (κ1) is 24.5. The highest BCUT2D eigenvalue weighted by Gasteiger charge is 2.31. The van der Waals surface area contributed by atoms with E-state index in [0.29, 0.717) is 36.8 Å². The Hall–Kier alpha value is -2.58. The molecule has 2 aromatic rings. The van der Waals surface area contributed by atoms with Crippen molar-refractivity contribution in [3.8, 4) is 0 Å². The molecule has 2 aliphatic heterocycles. The molecule has 0 radical (unpaired) electrons. The van der Waals surface area contributed by atoms with Gasteiger partial charge in [0.15, 0.2) is 0 Å². The smallest absolute Gasteiger partial charge is 0.410 e. The highest BCUT2D eigenvalue weighted by molar-refractivity contribution is 5.89. The lowest BCUT2D eigenvalue weighted by molar-refractivity contribution is 0.0222. The number of methoxy groups -OCH3 is 1. The maximum absolute atomic E-state index is 13.1. The summed E-state index contributed by atoms with van der Waals surface area (Å²) in [7, 11) is 3.87. The molecule has 1 atom stereocenters. The number of piperazine rings is 1. The minimum Gasteiger partial charge on any atom is -0.444 e. The van der Waals surface area contributed by atoms with Crippen LogP contribution in [-0.2, 0) is 28.9 Å². The molecule has 0 spiro atoms. The zero-order valence-corrected chi connectivity index (χ0v) is 21.3. The van der Waals surface area contributed by atoms with Gasteiger partial charge in [-0.3, -0.25) is 4.90 Å². The molecule has 1 amide bonds. The Morgan fingerprint density at radius 3 is 2.62 bits per heavy atom. The van der Waals surface area contributed by atoms with Crippen molar-refractivity contribution in [2.45, 2.75) is 58.7 Å². The maximum atomic E-state index is 13.1. The minimum atomic E-state index is -0.580. The molecular formula is C26H37N3O5. The first-order valence-corrected chi connectivity index (χ1v) is 12.2. The summed E-state index contributed by atoms with van der Waals surface area (Å²) in [4.78, 5) is 32.0. The third-order valence-corrected chi connectivity index (χ3v) is 6.83. The van der Waals surface area contributed by atoms with E-state index in [2.05, 4.69) is 35.9 Å². The highest BCUT2D eigenvalue weighted by atomic mass is 16.6. The lowest BCUT2D eigenvalue weighted by Gasteiger charge is -2.41. The van der Waals surface area contributed by atoms with Crippen LogP contribution in [0.4, 0.5) is 10.5 Å². The number of benzene rings is 1. The molecule has 1 saturated heterocycles. The van der Waals surface area contributed by atoms with Gasteiger partial charge >= 0.3 is 11.7 Å². The number of aryl methyl sites for hydroxylation is 1. The number of hydrogen-bond donors (Lipinski definition) is 0. The normalized spacial score (nSPS) is 19.4. The van der Waals surface area contributed by atoms with Crippen LogP contribution < -0.4 is 10.5 Å². The van der Waals surface area contributed by atoms with Gasteiger partial charge in [-0.05, 0) is 58.4 Å². The van der Waals surface area contributed by atoms with E-state index in [4.69, 9.17) is 13.9 Å². The molecule has 4 rings (SSSR count). The van der Waals surface area contributed by atoms with Gasteiger partial charge in [0.05, 0.1) is 24.8 Å². The van der Waals surface area contributed by atoms with Crippen molar-refractivity contribution in [1.29, 1.82) is 0 Å². The number of ether oxygens (including phenoxy) is 2. The molecule has 8 nitrogen and oxygen atoms in total. The third-order valence-electron chi connectivity index (χ3n) is 6.83. The predicted molar refractivity (Wildman–Crippen MR) is 133 cm³/mol. The van der Waals surface area contributed by atoms with Crippen LogP contribution in [0.25, 0.3) is 11.0 Å². The van der Waals surface area contributed by atoms with Gasteiger partial charge in [0, 0.05) is 49.9 Å². The molecule has 186 valence electrons. The molecule has 0 bridgehead atoms. The van der Waals surface area contributed by atoms with Crippen LogP contribution in [0.3, 0.4) is 0 Å². The van der Waals surface area contributed by atoms with Crippen molar-refractivity contribution in [3.63, 3.8) is 0 Å². The fraction of sp³-hybridized carbons (Fsp3) is 0.615. The van der Waals surface area contributed by atoms with Crippen molar-refractivity contribution in [2.24, 2.45) is 0 Å². The maximum Gasteiger partial charge on any atom is 0.410 e. The topological polar surface area (TPSA) is 75.5 Å². The van der Waals surface area contributed by atoms with Gasteiger partial charge in [0.2, 0.25) is 0 Å². The number of anilines is 1. The van der Waals surface area contributed by atoms with E-state index in [1.54, 1.807) is 12.0 Å². The van der Waals surface area contributed by atoms with Crippen molar-refractivity contribution in [2.75, 3.05) is 51.8 Å². The highest BCUT2D eigenvalue weighted by Crippen LogP contribution is 2.34. The minimum absolute atomic E-state index is 0.211. The Morgan fingerprint density at radius 1 is 1.18 bits per heavy atom. The van der Waals surface area contributed by atoms with Gasteiger partial charge in [-0.2, -0.15) is 0 Å². The second-order valence-corrected chi connectivity index (χ2v) is 10.3. The molecule has 3 heterocycles. The van der Waals surface area contributed by atoms with E-state index >= 15 is 0 Å². The summed E-state index contributed by atoms with van der Waals surface area (Å²) in [5, 5.41) is 0.974. The summed E-state index contributed by atoms with van der Waals surface area (Å²) < 4.78 is 16.9. The Morgan fingerprint density at radius 2 is 1.94 bits per heavy atom. The number of rotatable bonds is 4. The van der Waals surface area contributed by atoms with Crippen molar-refractivity contribution in [1.82, 2.24) is 9.80 Å². The molecule has 0 N–H and O–H groups in total. The average Bonchev–Trinajstić information content (AvgIpc) is 2.78. The van der Waals surface area contributed by atoms with Gasteiger partial charge in [-0.1, -0.05) is 6.92 Å². The molecule has 1 aromatic carbocycles. The van der Waals surface area contributed by atoms with Gasteiger partial charge < -0.3 is 23.7 Å². The van der Waals surface area contributed by atoms with Crippen molar-refractivity contribution >= 4 is 22.7 Å². The second kappa shape index (κ2) is 9.58. The molecule has 34 heavy (non-hydrogen) atoms. The fourth-order valence-electron chi connectivity index (χ4n) is 5.03. The van der Waals surface area contributed by atoms with Gasteiger partial charge in [-0.15, -0.1) is 0 Å². The second-order valence-electron chi connectivity index (χ2n) is 10.3. The Bertz CT molecular complexity index is 1120. The molecule has 0 saturated carbocycles. The van der Waals surface area contributed by atoms with E-state index in [1.165, 1.54) is 0 Å². The number of nitrogens with zero attached hydrogens (tertiary/aromatic N) is 3. The third kappa shape index (κ3) is 4.79. The first-order chi connectivity index (χ1) is 16.1. The molecule has 0 unspecified atom stereocenters. The molecule has 8 heteroatoms. The number of amides is 1. The summed E-state index contributed by atoms with van der Waals surface area (Å²) in [5.74, 6) is 0. The summed E-state index contributed by atoms with van der Waals surface area (Å²) in [6, 6.07) is 4.56. The number of likely N-dealkylation sites (N-methyl/N-ethyl adjacent to an activating group) is 1. The average molecular weight is 472 g/mol. The lowest BCUT2D eigenvalue weighted by Crippen LogP contribution is -2.53. The van der Waals surface area contributed by atoms with Crippen LogP contribution >= 0.6 is 0 Å². The van der Waals surface area contributed by atoms with Crippen LogP contribution in [0.5, 0.6) is 0 Å². The Balaban J connectivity index is 1.69. The SMILES string of the molecule is CCc1c(N2CCN(C)[C@@H](COC)C2)ccc2c3c(c(=O)oc12)CN(C(=O)OC(C)(C)C)CC3. The van der Waals surface area contributed by atoms with E-state index in [1.807, 2.05) is 20.8 Å². The zero-order valence-electron chi connectivity index (χ0n) is 21.3. The summed E-state index contributed by atoms with van der Waals surface area (Å²) in [6.07, 6.45) is 0.964. The first-order valence-electron chi connectivity index (χ1n) is 12.2. The monoisotopic (exact) mass is 471 g/mol. The zero-order chi connectivity index (χ0) is 24.6. The quantitative estimate of drug-likeness (QED) is 0.633. The van der Waals surface area contributed by atoms with Crippen LogP contribution in [-0.4, -0.2) is 74.5 Å². The fourth-order valence-corrected chi connectivity index (χ4v) is 5.03. The van der Waals surface area contributed by atoms with E-state index < -0.39 is 11.7 Å². The van der Waals surface area contributed by atoms with Gasteiger partial charge in [0.1, 0.15) is 11.2 Å². The number of carbonyl (C=O) groups excluding carboxylic acids is 1. The standard InChI is InChI=1S/C26H37N3O5/c1-7-18-22(28-13-12-27(5)17(14-28)16-32-6)9-8-20-19-10-11-29(25(31)34-26(2,3)4)15-21(19)24(30)33-23(18)20/h8-9,17H,7,10-16H2,1-6H3/t17-/m1/s1. The number of carbonyl (C=O) groups is 1. The van der Waals surface area contributed by atoms with Gasteiger partial charge in [0.25, 0.3) is 0 Å². The van der Waals surface area contributed by atoms with E-state index in [-0.39, 0.29) is 12.2 Å². The number of fused-ring (bicyclic) bond motifs is 3. The van der Waals surface area contributed by atoms with Crippen LogP contribution in [0.2, 0.25) is 0 Å². The molecule has 0 aliphatic carbocycles. The number of hydrogen-bond acceptors (Lipinski definition) is 7. The predicted octanol–water partition coefficient (Wildman–Crippen LogP) is 3.42. The summed E-state index contributed by atoms with van der Waals surface area (Å²) in [5.41, 5.74) is 3.46. The van der Waals surface area contributed by atoms with E-state index in [0.717, 1.165) is 48.3 Å². The molecular weight excluding hydrogens is 434 g/mol. The Labute approximate surface area is 201 Å². The summed E-state index contributed by atoms with van der Waals surface area (Å²) >= 11 is 0. The van der Waals surface area contributed by atoms with E-state index in [9.17, 15) is 9.59 Å². The van der Waals surface area contributed by atoms with Crippen molar-refractivity contribution < 1.29 is 18.7 Å². The largest absolute Gasteiger partial charge is 0.444 e. The Kier molecular flexibility index (Phi) is 6.92. The molecule has 1 aromatic heterocycles. The molecule has 1 fully saturated rings. The van der Waals surface area contributed by atoms with Crippen molar-refractivity contribution in [3.05, 3.63) is 39.2 Å².